The van der Waals surface area contributed by atoms with E-state index in [0.29, 0.717) is 55.1 Å². The van der Waals surface area contributed by atoms with Gasteiger partial charge in [0.2, 0.25) is 11.8 Å². The molecule has 0 N–H and O–H groups in total. The van der Waals surface area contributed by atoms with E-state index in [2.05, 4.69) is 10.1 Å². The van der Waals surface area contributed by atoms with Gasteiger partial charge >= 0.3 is 6.03 Å². The molecule has 1 saturated carbocycles. The van der Waals surface area contributed by atoms with Crippen LogP contribution < -0.4 is 0 Å². The molecule has 3 heterocycles. The first-order chi connectivity index (χ1) is 16.2. The third kappa shape index (κ3) is 5.47. The smallest absolute Gasteiger partial charge is 0.320 e. The predicted octanol–water partition coefficient (Wildman–Crippen LogP) is 3.90. The lowest BCUT2D eigenvalue weighted by molar-refractivity contribution is 0.0226. The van der Waals surface area contributed by atoms with Crippen LogP contribution in [0.15, 0.2) is 28.8 Å². The molecule has 10 heteroatoms. The van der Waals surface area contributed by atoms with Gasteiger partial charge in [-0.1, -0.05) is 29.4 Å². The number of piperidine rings is 1. The molecule has 1 aliphatic carbocycles. The van der Waals surface area contributed by atoms with Crippen molar-refractivity contribution in [1.82, 2.24) is 19.9 Å². The minimum Gasteiger partial charge on any atom is -0.339 e. The normalized spacial score (nSPS) is 24.4. The van der Waals surface area contributed by atoms with Gasteiger partial charge < -0.3 is 14.3 Å². The second kappa shape index (κ2) is 9.36. The molecule has 2 unspecified atom stereocenters. The van der Waals surface area contributed by atoms with Gasteiger partial charge in [-0.2, -0.15) is 4.98 Å². The molecule has 5 rings (SSSR count). The lowest BCUT2D eigenvalue weighted by atomic mass is 9.84. The monoisotopic (exact) mass is 492 g/mol. The Morgan fingerprint density at radius 2 is 1.76 bits per heavy atom. The van der Waals surface area contributed by atoms with E-state index in [-0.39, 0.29) is 24.3 Å². The number of benzene rings is 1. The van der Waals surface area contributed by atoms with Crippen LogP contribution in [0.4, 0.5) is 13.6 Å². The van der Waals surface area contributed by atoms with E-state index in [0.717, 1.165) is 37.6 Å². The second-order valence-corrected chi connectivity index (χ2v) is 11.6. The van der Waals surface area contributed by atoms with Gasteiger partial charge in [0.1, 0.15) is 0 Å². The Morgan fingerprint density at radius 1 is 1.09 bits per heavy atom. The minimum atomic E-state index is -2.75. The number of hydrogen-bond donors (Lipinski definition) is 0. The fourth-order valence-corrected chi connectivity index (χ4v) is 5.94. The summed E-state index contributed by atoms with van der Waals surface area (Å²) in [6.45, 7) is 2.92. The van der Waals surface area contributed by atoms with Gasteiger partial charge in [0, 0.05) is 66.7 Å². The molecule has 1 aromatic heterocycles. The van der Waals surface area contributed by atoms with Gasteiger partial charge in [0.25, 0.3) is 0 Å². The number of likely N-dealkylation sites (tertiary alicyclic amines) is 1. The van der Waals surface area contributed by atoms with Gasteiger partial charge in [0.05, 0.1) is 5.92 Å². The summed E-state index contributed by atoms with van der Waals surface area (Å²) < 4.78 is 44.2. The van der Waals surface area contributed by atoms with Crippen molar-refractivity contribution in [2.45, 2.75) is 56.3 Å². The molecule has 2 saturated heterocycles. The fraction of sp³-hybridized carbons (Fsp3) is 0.625. The first-order valence-electron chi connectivity index (χ1n) is 11.9. The molecule has 2 atom stereocenters. The maximum absolute atomic E-state index is 13.4. The number of carbonyl (C=O) groups is 1. The standard InChI is InChI=1S/C24H30F2N4O3S/c1-24(25,26)13-16-2-4-17(5-3-16)19-12-20(22-27-21(28-33-22)18-6-7-18)15-30(14-19)23(31)29-8-10-34(32)11-9-29/h2-5,18-20H,6-15H2,1H3. The van der Waals surface area contributed by atoms with E-state index in [1.165, 1.54) is 0 Å². The number of amides is 2. The lowest BCUT2D eigenvalue weighted by Crippen LogP contribution is -2.52. The Hall–Kier alpha value is -2.36. The van der Waals surface area contributed by atoms with Crippen molar-refractivity contribution in [3.05, 3.63) is 47.1 Å². The van der Waals surface area contributed by atoms with E-state index in [9.17, 15) is 17.8 Å². The Morgan fingerprint density at radius 3 is 2.41 bits per heavy atom. The van der Waals surface area contributed by atoms with Crippen LogP contribution in [0.3, 0.4) is 0 Å². The van der Waals surface area contributed by atoms with Crippen LogP contribution in [-0.2, 0) is 17.2 Å². The van der Waals surface area contributed by atoms with Crippen LogP contribution in [0.1, 0.15) is 66.8 Å². The van der Waals surface area contributed by atoms with E-state index in [1.54, 1.807) is 17.0 Å². The van der Waals surface area contributed by atoms with Crippen molar-refractivity contribution in [1.29, 1.82) is 0 Å². The molecule has 2 aliphatic heterocycles. The van der Waals surface area contributed by atoms with Crippen molar-refractivity contribution in [3.63, 3.8) is 0 Å². The van der Waals surface area contributed by atoms with Crippen molar-refractivity contribution in [3.8, 4) is 0 Å². The number of aromatic nitrogens is 2. The molecule has 34 heavy (non-hydrogen) atoms. The third-order valence-corrected chi connectivity index (χ3v) is 8.16. The molecule has 0 radical (unpaired) electrons. The average Bonchev–Trinajstić information content (AvgIpc) is 3.54. The molecule has 1 aromatic carbocycles. The first kappa shape index (κ1) is 23.4. The maximum atomic E-state index is 13.4. The highest BCUT2D eigenvalue weighted by Crippen LogP contribution is 2.40. The molecule has 0 bridgehead atoms. The molecule has 7 nitrogen and oxygen atoms in total. The zero-order chi connectivity index (χ0) is 23.9. The molecule has 184 valence electrons. The molecule has 3 aliphatic rings. The van der Waals surface area contributed by atoms with Gasteiger partial charge in [-0.25, -0.2) is 13.6 Å². The zero-order valence-corrected chi connectivity index (χ0v) is 20.1. The number of carbonyl (C=O) groups excluding carboxylic acids is 1. The van der Waals surface area contributed by atoms with Crippen LogP contribution in [-0.4, -0.2) is 73.8 Å². The molecule has 0 spiro atoms. The number of rotatable bonds is 5. The van der Waals surface area contributed by atoms with Crippen molar-refractivity contribution in [2.75, 3.05) is 37.7 Å². The highest BCUT2D eigenvalue weighted by atomic mass is 32.2. The molecule has 3 fully saturated rings. The molecular formula is C24H30F2N4O3S. The number of hydrogen-bond acceptors (Lipinski definition) is 5. The van der Waals surface area contributed by atoms with Crippen LogP contribution >= 0.6 is 0 Å². The summed E-state index contributed by atoms with van der Waals surface area (Å²) in [5.74, 6) is -0.127. The summed E-state index contributed by atoms with van der Waals surface area (Å²) in [7, 11) is -0.861. The summed E-state index contributed by atoms with van der Waals surface area (Å²) >= 11 is 0. The Bertz CT molecular complexity index is 1040. The highest BCUT2D eigenvalue weighted by Gasteiger charge is 2.38. The topological polar surface area (TPSA) is 79.5 Å². The summed E-state index contributed by atoms with van der Waals surface area (Å²) in [5.41, 5.74) is 1.59. The van der Waals surface area contributed by atoms with E-state index >= 15 is 0 Å². The van der Waals surface area contributed by atoms with Gasteiger partial charge in [0.15, 0.2) is 5.82 Å². The van der Waals surface area contributed by atoms with Gasteiger partial charge in [-0.05, 0) is 37.3 Å². The largest absolute Gasteiger partial charge is 0.339 e. The maximum Gasteiger partial charge on any atom is 0.320 e. The van der Waals surface area contributed by atoms with Gasteiger partial charge in [-0.3, -0.25) is 4.21 Å². The number of alkyl halides is 2. The number of nitrogens with zero attached hydrogens (tertiary/aromatic N) is 4. The Labute approximate surface area is 200 Å². The van der Waals surface area contributed by atoms with Crippen LogP contribution in [0, 0.1) is 0 Å². The summed E-state index contributed by atoms with van der Waals surface area (Å²) in [4.78, 5) is 21.6. The number of halogens is 2. The second-order valence-electron chi connectivity index (χ2n) is 9.91. The fourth-order valence-electron chi connectivity index (χ4n) is 4.89. The Kier molecular flexibility index (Phi) is 6.43. The van der Waals surface area contributed by atoms with Crippen LogP contribution in [0.25, 0.3) is 0 Å². The van der Waals surface area contributed by atoms with Crippen LogP contribution in [0.2, 0.25) is 0 Å². The Balaban J connectivity index is 1.36. The summed E-state index contributed by atoms with van der Waals surface area (Å²) in [5, 5.41) is 4.16. The van der Waals surface area contributed by atoms with Crippen molar-refractivity contribution in [2.24, 2.45) is 0 Å². The predicted molar refractivity (Wildman–Crippen MR) is 124 cm³/mol. The van der Waals surface area contributed by atoms with Gasteiger partial charge in [-0.15, -0.1) is 0 Å². The van der Waals surface area contributed by atoms with E-state index < -0.39 is 16.7 Å². The third-order valence-electron chi connectivity index (χ3n) is 6.88. The molecule has 2 amide bonds. The first-order valence-corrected chi connectivity index (χ1v) is 13.4. The average molecular weight is 493 g/mol. The molecular weight excluding hydrogens is 462 g/mol. The zero-order valence-electron chi connectivity index (χ0n) is 19.3. The minimum absolute atomic E-state index is 0.0223. The van der Waals surface area contributed by atoms with Crippen molar-refractivity contribution >= 4 is 16.8 Å². The lowest BCUT2D eigenvalue weighted by Gasteiger charge is -2.40. The quantitative estimate of drug-likeness (QED) is 0.633. The number of urea groups is 1. The van der Waals surface area contributed by atoms with E-state index in [1.807, 2.05) is 17.0 Å². The molecule has 2 aromatic rings. The van der Waals surface area contributed by atoms with Crippen LogP contribution in [0.5, 0.6) is 0 Å². The summed E-state index contributed by atoms with van der Waals surface area (Å²) in [6.07, 6.45) is 2.60. The van der Waals surface area contributed by atoms with E-state index in [4.69, 9.17) is 4.52 Å². The summed E-state index contributed by atoms with van der Waals surface area (Å²) in [6, 6.07) is 7.23. The van der Waals surface area contributed by atoms with Crippen molar-refractivity contribution < 1.29 is 22.3 Å². The SMILES string of the molecule is CC(F)(F)Cc1ccc(C2CC(c3nc(C4CC4)no3)CN(C(=O)N3CCS(=O)CC3)C2)cc1. The highest BCUT2D eigenvalue weighted by molar-refractivity contribution is 7.85.